The van der Waals surface area contributed by atoms with Gasteiger partial charge in [-0.3, -0.25) is 0 Å². The van der Waals surface area contributed by atoms with Crippen LogP contribution in [0.4, 0.5) is 0 Å². The van der Waals surface area contributed by atoms with E-state index in [4.69, 9.17) is 0 Å². The van der Waals surface area contributed by atoms with Crippen molar-refractivity contribution < 1.29 is 0 Å². The lowest BCUT2D eigenvalue weighted by molar-refractivity contribution is 0.522. The second-order valence-electron chi connectivity index (χ2n) is 5.59. The number of rotatable bonds is 8. The minimum Gasteiger partial charge on any atom is -0.130 e. The van der Waals surface area contributed by atoms with Crippen LogP contribution in [0.15, 0.2) is 39.7 Å². The number of allylic oxidation sites excluding steroid dienone is 2. The number of benzene rings is 1. The summed E-state index contributed by atoms with van der Waals surface area (Å²) < 4.78 is 1.27. The highest BCUT2D eigenvalue weighted by atomic mass is 79.9. The van der Waals surface area contributed by atoms with Crippen molar-refractivity contribution in [3.05, 3.63) is 45.3 Å². The van der Waals surface area contributed by atoms with E-state index in [0.717, 1.165) is 5.92 Å². The fourth-order valence-corrected chi connectivity index (χ4v) is 4.40. The van der Waals surface area contributed by atoms with Crippen molar-refractivity contribution in [1.82, 2.24) is 0 Å². The molecule has 1 atom stereocenters. The number of unbranched alkanes of at least 4 members (excludes halogenated alkanes) is 3. The van der Waals surface area contributed by atoms with Crippen LogP contribution in [-0.4, -0.2) is 5.75 Å². The zero-order valence-corrected chi connectivity index (χ0v) is 14.8. The number of hydrogen-bond donors (Lipinski definition) is 0. The summed E-state index contributed by atoms with van der Waals surface area (Å²) in [4.78, 5) is 1.65. The van der Waals surface area contributed by atoms with E-state index >= 15 is 0 Å². The van der Waals surface area contributed by atoms with Gasteiger partial charge < -0.3 is 0 Å². The van der Waals surface area contributed by atoms with E-state index in [0.29, 0.717) is 0 Å². The minimum absolute atomic E-state index is 0.734. The van der Waals surface area contributed by atoms with E-state index in [1.165, 1.54) is 60.7 Å². The molecule has 1 aliphatic heterocycles. The zero-order chi connectivity index (χ0) is 14.2. The van der Waals surface area contributed by atoms with E-state index in [2.05, 4.69) is 65.0 Å². The lowest BCUT2D eigenvalue weighted by Crippen LogP contribution is -2.06. The summed E-state index contributed by atoms with van der Waals surface area (Å²) in [5, 5.41) is 0. The van der Waals surface area contributed by atoms with Gasteiger partial charge in [-0.2, -0.15) is 0 Å². The first kappa shape index (κ1) is 16.2. The predicted molar refractivity (Wildman–Crippen MR) is 95.3 cm³/mol. The smallest absolute Gasteiger partial charge is 0.0207 e. The maximum Gasteiger partial charge on any atom is 0.0207 e. The summed E-state index contributed by atoms with van der Waals surface area (Å²) in [6.07, 6.45) is 11.8. The second-order valence-corrected chi connectivity index (χ2v) is 7.61. The topological polar surface area (TPSA) is 0 Å². The molecule has 110 valence electrons. The quantitative estimate of drug-likeness (QED) is 0.475. The van der Waals surface area contributed by atoms with Crippen LogP contribution in [0.5, 0.6) is 0 Å². The van der Waals surface area contributed by atoms with Gasteiger partial charge in [0, 0.05) is 10.2 Å². The summed E-state index contributed by atoms with van der Waals surface area (Å²) in [5.74, 6) is 2.02. The Balaban J connectivity index is 1.97. The molecule has 0 bridgehead atoms. The normalized spacial score (nSPS) is 16.2. The maximum absolute atomic E-state index is 3.70. The fraction of sp³-hybridized carbons (Fsp3) is 0.556. The molecule has 1 aliphatic rings. The molecule has 0 radical (unpaired) electrons. The molecule has 0 fully saturated rings. The predicted octanol–water partition coefficient (Wildman–Crippen LogP) is 6.60. The largest absolute Gasteiger partial charge is 0.130 e. The third kappa shape index (κ3) is 4.96. The molecule has 2 heteroatoms. The standard InChI is InChI=1S/C18H25BrS/c1-2-3-4-5-10-16(18-12-8-13-20-18)14-15-9-6-7-11-17(15)19/h6-7,9,11-12,16H,2-5,8,10,13-14H2,1H3. The molecule has 0 saturated carbocycles. The van der Waals surface area contributed by atoms with Gasteiger partial charge in [0.1, 0.15) is 0 Å². The minimum atomic E-state index is 0.734. The van der Waals surface area contributed by atoms with Gasteiger partial charge in [-0.05, 0) is 41.7 Å². The highest BCUT2D eigenvalue weighted by molar-refractivity contribution is 9.10. The van der Waals surface area contributed by atoms with E-state index in [-0.39, 0.29) is 0 Å². The van der Waals surface area contributed by atoms with Crippen LogP contribution in [0.2, 0.25) is 0 Å². The van der Waals surface area contributed by atoms with Gasteiger partial charge in [-0.1, -0.05) is 72.8 Å². The average molecular weight is 353 g/mol. The molecule has 1 unspecified atom stereocenters. The van der Waals surface area contributed by atoms with Crippen molar-refractivity contribution in [3.63, 3.8) is 0 Å². The van der Waals surface area contributed by atoms with Crippen LogP contribution < -0.4 is 0 Å². The van der Waals surface area contributed by atoms with Gasteiger partial charge in [0.15, 0.2) is 0 Å². The number of hydrogen-bond acceptors (Lipinski definition) is 1. The van der Waals surface area contributed by atoms with Crippen molar-refractivity contribution >= 4 is 27.7 Å². The van der Waals surface area contributed by atoms with Crippen LogP contribution in [0.1, 0.15) is 51.0 Å². The molecule has 0 N–H and O–H groups in total. The van der Waals surface area contributed by atoms with Crippen molar-refractivity contribution in [2.45, 2.75) is 51.9 Å². The SMILES string of the molecule is CCCCCCC(Cc1ccccc1Br)C1=CCCS1. The summed E-state index contributed by atoms with van der Waals surface area (Å²) >= 11 is 5.79. The van der Waals surface area contributed by atoms with Gasteiger partial charge in [-0.25, -0.2) is 0 Å². The van der Waals surface area contributed by atoms with E-state index in [1.807, 2.05) is 0 Å². The zero-order valence-electron chi connectivity index (χ0n) is 12.4. The fourth-order valence-electron chi connectivity index (χ4n) is 2.81. The molecule has 0 saturated heterocycles. The lowest BCUT2D eigenvalue weighted by Gasteiger charge is -2.19. The average Bonchev–Trinajstić information content (AvgIpc) is 2.98. The Morgan fingerprint density at radius 3 is 2.75 bits per heavy atom. The monoisotopic (exact) mass is 352 g/mol. The Kier molecular flexibility index (Phi) is 7.23. The first-order valence-electron chi connectivity index (χ1n) is 7.87. The Morgan fingerprint density at radius 1 is 1.20 bits per heavy atom. The molecule has 0 amide bonds. The van der Waals surface area contributed by atoms with Crippen LogP contribution in [0.25, 0.3) is 0 Å². The van der Waals surface area contributed by atoms with Gasteiger partial charge in [0.2, 0.25) is 0 Å². The van der Waals surface area contributed by atoms with Gasteiger partial charge in [0.05, 0.1) is 0 Å². The van der Waals surface area contributed by atoms with Crippen molar-refractivity contribution in [2.75, 3.05) is 5.75 Å². The molecule has 1 heterocycles. The molecule has 1 aromatic rings. The van der Waals surface area contributed by atoms with Crippen LogP contribution in [0, 0.1) is 5.92 Å². The third-order valence-electron chi connectivity index (χ3n) is 3.96. The number of thioether (sulfide) groups is 1. The Labute approximate surface area is 136 Å². The molecular weight excluding hydrogens is 328 g/mol. The van der Waals surface area contributed by atoms with Crippen molar-refractivity contribution in [3.8, 4) is 0 Å². The van der Waals surface area contributed by atoms with Crippen molar-refractivity contribution in [2.24, 2.45) is 5.92 Å². The molecule has 20 heavy (non-hydrogen) atoms. The summed E-state index contributed by atoms with van der Waals surface area (Å²) in [6, 6.07) is 8.70. The first-order valence-corrected chi connectivity index (χ1v) is 9.65. The molecule has 0 nitrogen and oxygen atoms in total. The van der Waals surface area contributed by atoms with Crippen molar-refractivity contribution in [1.29, 1.82) is 0 Å². The maximum atomic E-state index is 3.70. The Morgan fingerprint density at radius 2 is 2.05 bits per heavy atom. The lowest BCUT2D eigenvalue weighted by atomic mass is 9.92. The summed E-state index contributed by atoms with van der Waals surface area (Å²) in [7, 11) is 0. The van der Waals surface area contributed by atoms with Gasteiger partial charge in [0.25, 0.3) is 0 Å². The van der Waals surface area contributed by atoms with E-state index in [9.17, 15) is 0 Å². The molecule has 0 aliphatic carbocycles. The third-order valence-corrected chi connectivity index (χ3v) is 6.01. The molecule has 0 aromatic heterocycles. The highest BCUT2D eigenvalue weighted by Crippen LogP contribution is 2.37. The second kappa shape index (κ2) is 8.94. The number of halogens is 1. The van der Waals surface area contributed by atoms with E-state index in [1.54, 1.807) is 4.91 Å². The Hall–Kier alpha value is -0.210. The van der Waals surface area contributed by atoms with Gasteiger partial charge in [-0.15, -0.1) is 11.8 Å². The van der Waals surface area contributed by atoms with E-state index < -0.39 is 0 Å². The summed E-state index contributed by atoms with van der Waals surface area (Å²) in [5.41, 5.74) is 1.46. The molecule has 2 rings (SSSR count). The summed E-state index contributed by atoms with van der Waals surface area (Å²) in [6.45, 7) is 2.29. The Bertz CT molecular complexity index is 439. The molecule has 1 aromatic carbocycles. The van der Waals surface area contributed by atoms with Crippen LogP contribution in [-0.2, 0) is 6.42 Å². The van der Waals surface area contributed by atoms with Crippen LogP contribution >= 0.6 is 27.7 Å². The molecule has 0 spiro atoms. The van der Waals surface area contributed by atoms with Gasteiger partial charge >= 0.3 is 0 Å². The molecular formula is C18H25BrS. The highest BCUT2D eigenvalue weighted by Gasteiger charge is 2.19. The van der Waals surface area contributed by atoms with Crippen LogP contribution in [0.3, 0.4) is 0 Å². The first-order chi connectivity index (χ1) is 9.81.